The first-order valence-corrected chi connectivity index (χ1v) is 24.2. The molecule has 0 saturated heterocycles. The molecule has 0 amide bonds. The van der Waals surface area contributed by atoms with Crippen LogP contribution >= 0.6 is 0 Å². The van der Waals surface area contributed by atoms with Gasteiger partial charge in [-0.2, -0.15) is 0 Å². The first-order valence-electron chi connectivity index (χ1n) is 24.2. The number of likely N-dealkylation sites (N-methyl/N-ethyl adjacent to an activating group) is 1. The fourth-order valence-electron chi connectivity index (χ4n) is 6.92. The monoisotopic (exact) mass is 830 g/mol. The number of rotatable bonds is 43. The van der Waals surface area contributed by atoms with Crippen molar-refractivity contribution in [2.24, 2.45) is 0 Å². The summed E-state index contributed by atoms with van der Waals surface area (Å²) in [5, 5.41) is 11.6. The van der Waals surface area contributed by atoms with Gasteiger partial charge in [-0.05, 0) is 70.6 Å². The van der Waals surface area contributed by atoms with Crippen LogP contribution in [0.25, 0.3) is 0 Å². The molecule has 8 heteroatoms. The van der Waals surface area contributed by atoms with Crippen molar-refractivity contribution in [1.29, 1.82) is 0 Å². The molecule has 8 nitrogen and oxygen atoms in total. The standard InChI is InChI=1S/C51H91NO7/c1-6-8-10-12-14-16-18-20-22-24-26-28-30-32-34-36-38-40-42-50(54)59-47(45-57-44-43-48(51(55)56)52(3,4)5)46-58-49(53)41-39-37-35-33-31-29-27-25-23-21-19-17-15-13-11-9-7-2/h15,17,21-24,26,28,47-48H,6-14,16,18-20,25,27,29-46H2,1-5H3/b17-15+,23-21+,24-22+,28-26+. The third-order valence-electron chi connectivity index (χ3n) is 10.7. The lowest BCUT2D eigenvalue weighted by Crippen LogP contribution is -2.55. The third-order valence-corrected chi connectivity index (χ3v) is 10.7. The molecular formula is C51H91NO7. The molecule has 2 atom stereocenters. The minimum absolute atomic E-state index is 0.0315. The highest BCUT2D eigenvalue weighted by atomic mass is 16.6. The summed E-state index contributed by atoms with van der Waals surface area (Å²) in [7, 11) is 5.40. The maximum atomic E-state index is 12.7. The van der Waals surface area contributed by atoms with E-state index in [2.05, 4.69) is 62.5 Å². The van der Waals surface area contributed by atoms with Crippen molar-refractivity contribution in [1.82, 2.24) is 0 Å². The highest BCUT2D eigenvalue weighted by Crippen LogP contribution is 2.14. The first-order chi connectivity index (χ1) is 28.6. The average Bonchev–Trinajstić information content (AvgIpc) is 3.19. The van der Waals surface area contributed by atoms with Crippen molar-refractivity contribution >= 4 is 17.9 Å². The lowest BCUT2D eigenvalue weighted by atomic mass is 10.1. The van der Waals surface area contributed by atoms with E-state index in [1.807, 2.05) is 0 Å². The summed E-state index contributed by atoms with van der Waals surface area (Å²) in [6, 6.07) is -0.731. The molecule has 0 aromatic heterocycles. The highest BCUT2D eigenvalue weighted by molar-refractivity contribution is 5.70. The Morgan fingerprint density at radius 1 is 0.525 bits per heavy atom. The Labute approximate surface area is 363 Å². The normalized spacial score (nSPS) is 13.3. The number of hydrogen-bond donors (Lipinski definition) is 0. The summed E-state index contributed by atoms with van der Waals surface area (Å²) in [6.45, 7) is 4.62. The van der Waals surface area contributed by atoms with E-state index in [4.69, 9.17) is 14.2 Å². The van der Waals surface area contributed by atoms with Crippen molar-refractivity contribution in [2.75, 3.05) is 41.0 Å². The van der Waals surface area contributed by atoms with Gasteiger partial charge in [0.05, 0.1) is 40.3 Å². The molecule has 0 heterocycles. The fraction of sp³-hybridized carbons (Fsp3) is 0.784. The quantitative estimate of drug-likeness (QED) is 0.0198. The van der Waals surface area contributed by atoms with Gasteiger partial charge in [-0.25, -0.2) is 0 Å². The number of carboxylic acid groups (broad SMARTS) is 1. The predicted octanol–water partition coefficient (Wildman–Crippen LogP) is 12.3. The van der Waals surface area contributed by atoms with Crippen LogP contribution in [0, 0.1) is 0 Å². The van der Waals surface area contributed by atoms with Gasteiger partial charge in [0, 0.05) is 19.3 Å². The van der Waals surface area contributed by atoms with E-state index in [0.717, 1.165) is 70.6 Å². The summed E-state index contributed by atoms with van der Waals surface area (Å²) in [5.74, 6) is -1.76. The smallest absolute Gasteiger partial charge is 0.306 e. The number of aliphatic carboxylic acids is 1. The molecule has 0 rings (SSSR count). The molecule has 0 spiro atoms. The molecule has 0 aliphatic heterocycles. The van der Waals surface area contributed by atoms with Gasteiger partial charge in [-0.3, -0.25) is 9.59 Å². The molecular weight excluding hydrogens is 739 g/mol. The Morgan fingerprint density at radius 2 is 0.949 bits per heavy atom. The molecule has 0 aliphatic rings. The Morgan fingerprint density at radius 3 is 1.44 bits per heavy atom. The number of nitrogens with zero attached hydrogens (tertiary/aromatic N) is 1. The van der Waals surface area contributed by atoms with Crippen molar-refractivity contribution in [3.05, 3.63) is 48.6 Å². The Hall–Kier alpha value is -2.71. The van der Waals surface area contributed by atoms with Crippen LogP contribution in [0.1, 0.15) is 206 Å². The SMILES string of the molecule is CCCCC/C=C/C/C=C/CCCCCCCCCC(=O)OCC(COCCC(C(=O)[O-])[N+](C)(C)C)OC(=O)CCCCCCC/C=C/C=C/CCCCCCCCC. The number of ether oxygens (including phenoxy) is 3. The average molecular weight is 830 g/mol. The number of esters is 2. The molecule has 59 heavy (non-hydrogen) atoms. The van der Waals surface area contributed by atoms with E-state index < -0.39 is 18.1 Å². The van der Waals surface area contributed by atoms with Crippen LogP contribution in [0.2, 0.25) is 0 Å². The Balaban J connectivity index is 4.34. The van der Waals surface area contributed by atoms with Crippen molar-refractivity contribution < 1.29 is 38.2 Å². The van der Waals surface area contributed by atoms with E-state index >= 15 is 0 Å². The lowest BCUT2D eigenvalue weighted by Gasteiger charge is -2.34. The Bertz CT molecular complexity index is 1110. The number of unbranched alkanes of at least 4 members (excludes halogenated alkanes) is 22. The molecule has 0 aromatic carbocycles. The maximum Gasteiger partial charge on any atom is 0.306 e. The lowest BCUT2D eigenvalue weighted by molar-refractivity contribution is -0.889. The third kappa shape index (κ3) is 40.5. The number of quaternary nitrogens is 1. The number of carbonyl (C=O) groups is 3. The molecule has 0 bridgehead atoms. The summed E-state index contributed by atoms with van der Waals surface area (Å²) in [5.41, 5.74) is 0. The second-order valence-corrected chi connectivity index (χ2v) is 17.4. The van der Waals surface area contributed by atoms with E-state index in [9.17, 15) is 19.5 Å². The summed E-state index contributed by atoms with van der Waals surface area (Å²) >= 11 is 0. The predicted molar refractivity (Wildman–Crippen MR) is 245 cm³/mol. The summed E-state index contributed by atoms with van der Waals surface area (Å²) in [4.78, 5) is 36.9. The van der Waals surface area contributed by atoms with Crippen LogP contribution in [0.4, 0.5) is 0 Å². The summed E-state index contributed by atoms with van der Waals surface area (Å²) in [6.07, 6.45) is 49.9. The van der Waals surface area contributed by atoms with E-state index in [1.54, 1.807) is 21.1 Å². The molecule has 0 saturated carbocycles. The van der Waals surface area contributed by atoms with Crippen molar-refractivity contribution in [3.63, 3.8) is 0 Å². The molecule has 2 unspecified atom stereocenters. The second kappa shape index (κ2) is 42.0. The van der Waals surface area contributed by atoms with E-state index in [0.29, 0.717) is 12.8 Å². The van der Waals surface area contributed by atoms with Crippen LogP contribution < -0.4 is 5.11 Å². The van der Waals surface area contributed by atoms with Gasteiger partial charge >= 0.3 is 11.9 Å². The maximum absolute atomic E-state index is 12.7. The first kappa shape index (κ1) is 56.3. The van der Waals surface area contributed by atoms with Crippen LogP contribution in [-0.4, -0.2) is 75.5 Å². The molecule has 342 valence electrons. The van der Waals surface area contributed by atoms with Crippen LogP contribution in [0.5, 0.6) is 0 Å². The van der Waals surface area contributed by atoms with Gasteiger partial charge in [0.15, 0.2) is 6.10 Å². The van der Waals surface area contributed by atoms with Crippen molar-refractivity contribution in [3.8, 4) is 0 Å². The fourth-order valence-corrected chi connectivity index (χ4v) is 6.92. The molecule has 0 aromatic rings. The number of carbonyl (C=O) groups excluding carboxylic acids is 3. The van der Waals surface area contributed by atoms with E-state index in [1.165, 1.54) is 103 Å². The van der Waals surface area contributed by atoms with Gasteiger partial charge in [0.2, 0.25) is 0 Å². The summed E-state index contributed by atoms with van der Waals surface area (Å²) < 4.78 is 17.2. The Kier molecular flexibility index (Phi) is 40.1. The molecule has 0 radical (unpaired) electrons. The highest BCUT2D eigenvalue weighted by Gasteiger charge is 2.25. The van der Waals surface area contributed by atoms with Crippen LogP contribution in [0.15, 0.2) is 48.6 Å². The van der Waals surface area contributed by atoms with Gasteiger partial charge < -0.3 is 28.6 Å². The number of allylic oxidation sites excluding steroid dienone is 8. The minimum Gasteiger partial charge on any atom is -0.544 e. The molecule has 0 aliphatic carbocycles. The van der Waals surface area contributed by atoms with Gasteiger partial charge in [0.25, 0.3) is 0 Å². The molecule has 0 N–H and O–H groups in total. The second-order valence-electron chi connectivity index (χ2n) is 17.4. The zero-order chi connectivity index (χ0) is 43.5. The van der Waals surface area contributed by atoms with Crippen LogP contribution in [0.3, 0.4) is 0 Å². The zero-order valence-electron chi connectivity index (χ0n) is 38.9. The van der Waals surface area contributed by atoms with Crippen LogP contribution in [-0.2, 0) is 28.6 Å². The van der Waals surface area contributed by atoms with Gasteiger partial charge in [0.1, 0.15) is 12.6 Å². The largest absolute Gasteiger partial charge is 0.544 e. The topological polar surface area (TPSA) is 102 Å². The van der Waals surface area contributed by atoms with E-state index in [-0.39, 0.29) is 42.7 Å². The minimum atomic E-state index is -1.13. The van der Waals surface area contributed by atoms with Crippen molar-refractivity contribution in [2.45, 2.75) is 219 Å². The zero-order valence-corrected chi connectivity index (χ0v) is 38.9. The molecule has 0 fully saturated rings. The number of hydrogen-bond acceptors (Lipinski definition) is 7. The van der Waals surface area contributed by atoms with Gasteiger partial charge in [-0.1, -0.05) is 165 Å². The van der Waals surface area contributed by atoms with Gasteiger partial charge in [-0.15, -0.1) is 0 Å². The number of carboxylic acids is 1.